The van der Waals surface area contributed by atoms with Gasteiger partial charge in [-0.05, 0) is 0 Å². The summed E-state index contributed by atoms with van der Waals surface area (Å²) in [4.78, 5) is 13.3. The molecule has 5 nitrogen and oxygen atoms in total. The number of aromatic nitrogens is 2. The van der Waals surface area contributed by atoms with Crippen molar-refractivity contribution < 1.29 is 9.53 Å². The molecule has 1 aromatic heterocycles. The van der Waals surface area contributed by atoms with Crippen molar-refractivity contribution in [3.05, 3.63) is 0 Å². The summed E-state index contributed by atoms with van der Waals surface area (Å²) in [6.45, 7) is 3.85. The van der Waals surface area contributed by atoms with E-state index in [1.54, 1.807) is 11.8 Å². The van der Waals surface area contributed by atoms with Crippen LogP contribution in [0.4, 0.5) is 5.13 Å². The number of carbonyl (C=O) groups excluding carboxylic acids is 1. The molecule has 0 bridgehead atoms. The maximum absolute atomic E-state index is 11.4. The second kappa shape index (κ2) is 6.20. The number of ether oxygens (including phenoxy) is 1. The van der Waals surface area contributed by atoms with Crippen LogP contribution in [0.1, 0.15) is 13.8 Å². The zero-order valence-electron chi connectivity index (χ0n) is 10.6. The highest BCUT2D eigenvalue weighted by Crippen LogP contribution is 2.32. The third kappa shape index (κ3) is 3.85. The molecule has 2 atom stereocenters. The number of nitrogens with zero attached hydrogens (tertiary/aromatic N) is 3. The highest BCUT2D eigenvalue weighted by atomic mass is 32.2. The quantitative estimate of drug-likeness (QED) is 0.604. The summed E-state index contributed by atoms with van der Waals surface area (Å²) >= 11 is 3.07. The van der Waals surface area contributed by atoms with Crippen LogP contribution in [0.3, 0.4) is 0 Å². The molecular weight excluding hydrogens is 258 g/mol. The van der Waals surface area contributed by atoms with Crippen LogP contribution in [0.2, 0.25) is 0 Å². The topological polar surface area (TPSA) is 55.3 Å². The molecule has 0 spiro atoms. The maximum Gasteiger partial charge on any atom is 0.309 e. The summed E-state index contributed by atoms with van der Waals surface area (Å²) in [6.07, 6.45) is 0. The number of hydrogen-bond donors (Lipinski definition) is 0. The molecule has 17 heavy (non-hydrogen) atoms. The third-order valence-electron chi connectivity index (χ3n) is 2.34. The van der Waals surface area contributed by atoms with Crippen LogP contribution in [0.5, 0.6) is 0 Å². The number of esters is 1. The lowest BCUT2D eigenvalue weighted by molar-refractivity contribution is -0.144. The Morgan fingerprint density at radius 3 is 2.53 bits per heavy atom. The molecule has 0 aliphatic carbocycles. The van der Waals surface area contributed by atoms with Crippen LogP contribution in [0.15, 0.2) is 4.34 Å². The Morgan fingerprint density at radius 2 is 2.06 bits per heavy atom. The normalized spacial score (nSPS) is 14.2. The fourth-order valence-electron chi connectivity index (χ4n) is 1.07. The molecule has 0 aromatic carbocycles. The van der Waals surface area contributed by atoms with Crippen molar-refractivity contribution in [2.75, 3.05) is 26.1 Å². The predicted molar refractivity (Wildman–Crippen MR) is 70.7 cm³/mol. The first kappa shape index (κ1) is 14.2. The van der Waals surface area contributed by atoms with Crippen LogP contribution < -0.4 is 4.90 Å². The number of anilines is 1. The van der Waals surface area contributed by atoms with Crippen molar-refractivity contribution in [3.8, 4) is 0 Å². The van der Waals surface area contributed by atoms with E-state index >= 15 is 0 Å². The van der Waals surface area contributed by atoms with Gasteiger partial charge in [-0.2, -0.15) is 0 Å². The fraction of sp³-hybridized carbons (Fsp3) is 0.700. The first-order chi connectivity index (χ1) is 7.95. The summed E-state index contributed by atoms with van der Waals surface area (Å²) in [5.74, 6) is -0.348. The first-order valence-corrected chi connectivity index (χ1v) is 6.90. The van der Waals surface area contributed by atoms with Gasteiger partial charge in [0.15, 0.2) is 4.34 Å². The molecule has 0 saturated heterocycles. The van der Waals surface area contributed by atoms with E-state index in [0.717, 1.165) is 9.47 Å². The summed E-state index contributed by atoms with van der Waals surface area (Å²) in [6, 6.07) is 0. The van der Waals surface area contributed by atoms with Gasteiger partial charge in [0.25, 0.3) is 0 Å². The number of hydrogen-bond acceptors (Lipinski definition) is 7. The SMILES string of the molecule is COC(=O)C(C)C(C)Sc1nnc(N(C)C)s1. The molecule has 0 aliphatic heterocycles. The predicted octanol–water partition coefficient (Wildman–Crippen LogP) is 1.89. The lowest BCUT2D eigenvalue weighted by Gasteiger charge is -2.15. The largest absolute Gasteiger partial charge is 0.469 e. The molecule has 0 saturated carbocycles. The minimum Gasteiger partial charge on any atom is -0.469 e. The Morgan fingerprint density at radius 1 is 1.41 bits per heavy atom. The van der Waals surface area contributed by atoms with Crippen molar-refractivity contribution >= 4 is 34.2 Å². The van der Waals surface area contributed by atoms with E-state index in [0.29, 0.717) is 0 Å². The summed E-state index contributed by atoms with van der Waals surface area (Å²) in [7, 11) is 5.26. The van der Waals surface area contributed by atoms with E-state index in [2.05, 4.69) is 10.2 Å². The summed E-state index contributed by atoms with van der Waals surface area (Å²) < 4.78 is 5.59. The van der Waals surface area contributed by atoms with Gasteiger partial charge in [-0.25, -0.2) is 0 Å². The molecule has 0 N–H and O–H groups in total. The van der Waals surface area contributed by atoms with Gasteiger partial charge in [0.1, 0.15) is 0 Å². The van der Waals surface area contributed by atoms with Crippen LogP contribution in [0.25, 0.3) is 0 Å². The molecule has 0 amide bonds. The van der Waals surface area contributed by atoms with Gasteiger partial charge in [0.2, 0.25) is 5.13 Å². The molecule has 0 radical (unpaired) electrons. The Labute approximate surface area is 110 Å². The van der Waals surface area contributed by atoms with E-state index in [1.165, 1.54) is 18.4 Å². The van der Waals surface area contributed by atoms with E-state index < -0.39 is 0 Å². The fourth-order valence-corrected chi connectivity index (χ4v) is 3.16. The highest BCUT2D eigenvalue weighted by Gasteiger charge is 2.23. The third-order valence-corrected chi connectivity index (χ3v) is 4.83. The van der Waals surface area contributed by atoms with Gasteiger partial charge in [-0.3, -0.25) is 4.79 Å². The second-order valence-electron chi connectivity index (χ2n) is 3.88. The lowest BCUT2D eigenvalue weighted by Crippen LogP contribution is -2.21. The van der Waals surface area contributed by atoms with E-state index in [9.17, 15) is 4.79 Å². The monoisotopic (exact) mass is 275 g/mol. The van der Waals surface area contributed by atoms with E-state index in [1.807, 2.05) is 32.8 Å². The summed E-state index contributed by atoms with van der Waals surface area (Å²) in [5, 5.41) is 9.12. The molecule has 1 heterocycles. The molecule has 96 valence electrons. The van der Waals surface area contributed by atoms with Crippen LogP contribution in [-0.4, -0.2) is 42.6 Å². The van der Waals surface area contributed by atoms with Crippen molar-refractivity contribution in [2.24, 2.45) is 5.92 Å². The van der Waals surface area contributed by atoms with Gasteiger partial charge in [-0.15, -0.1) is 10.2 Å². The minimum atomic E-state index is -0.192. The zero-order chi connectivity index (χ0) is 13.0. The first-order valence-electron chi connectivity index (χ1n) is 5.21. The average Bonchev–Trinajstić information content (AvgIpc) is 2.75. The number of thioether (sulfide) groups is 1. The molecule has 0 fully saturated rings. The Bertz CT molecular complexity index is 381. The van der Waals surface area contributed by atoms with Gasteiger partial charge in [0.05, 0.1) is 13.0 Å². The number of carbonyl (C=O) groups is 1. The minimum absolute atomic E-state index is 0.116. The van der Waals surface area contributed by atoms with Crippen molar-refractivity contribution in [2.45, 2.75) is 23.4 Å². The summed E-state index contributed by atoms with van der Waals surface area (Å²) in [5.41, 5.74) is 0. The molecular formula is C10H17N3O2S2. The van der Waals surface area contributed by atoms with Gasteiger partial charge in [-0.1, -0.05) is 36.9 Å². The van der Waals surface area contributed by atoms with Gasteiger partial charge in [0, 0.05) is 19.3 Å². The highest BCUT2D eigenvalue weighted by molar-refractivity contribution is 8.01. The molecule has 7 heteroatoms. The Hall–Kier alpha value is -0.820. The van der Waals surface area contributed by atoms with Crippen LogP contribution in [0, 0.1) is 5.92 Å². The number of methoxy groups -OCH3 is 1. The molecule has 1 rings (SSSR count). The van der Waals surface area contributed by atoms with Gasteiger partial charge >= 0.3 is 5.97 Å². The van der Waals surface area contributed by atoms with E-state index in [-0.39, 0.29) is 17.1 Å². The zero-order valence-corrected chi connectivity index (χ0v) is 12.3. The second-order valence-corrected chi connectivity index (χ2v) is 6.46. The van der Waals surface area contributed by atoms with Crippen molar-refractivity contribution in [1.82, 2.24) is 10.2 Å². The molecule has 0 aliphatic rings. The number of rotatable bonds is 5. The van der Waals surface area contributed by atoms with Crippen molar-refractivity contribution in [3.63, 3.8) is 0 Å². The maximum atomic E-state index is 11.4. The molecule has 1 aromatic rings. The van der Waals surface area contributed by atoms with E-state index in [4.69, 9.17) is 4.74 Å². The Kier molecular flexibility index (Phi) is 5.20. The molecule has 2 unspecified atom stereocenters. The Balaban J connectivity index is 2.61. The standard InChI is InChI=1S/C10H17N3O2S2/c1-6(8(14)15-5)7(2)16-10-12-11-9(17-10)13(3)4/h6-7H,1-5H3. The lowest BCUT2D eigenvalue weighted by atomic mass is 10.1. The van der Waals surface area contributed by atoms with Crippen LogP contribution in [-0.2, 0) is 9.53 Å². The average molecular weight is 275 g/mol. The smallest absolute Gasteiger partial charge is 0.309 e. The van der Waals surface area contributed by atoms with Crippen molar-refractivity contribution in [1.29, 1.82) is 0 Å². The van der Waals surface area contributed by atoms with Crippen LogP contribution >= 0.6 is 23.1 Å². The van der Waals surface area contributed by atoms with Gasteiger partial charge < -0.3 is 9.64 Å².